The van der Waals surface area contributed by atoms with Gasteiger partial charge >= 0.3 is 11.9 Å². The highest BCUT2D eigenvalue weighted by Crippen LogP contribution is 2.34. The smallest absolute Gasteiger partial charge is 0.338 e. The largest absolute Gasteiger partial charge is 0.464 e. The van der Waals surface area contributed by atoms with E-state index in [0.29, 0.717) is 51.1 Å². The maximum atomic E-state index is 13.1. The number of nitrogens with two attached hydrogens (primary N) is 1. The van der Waals surface area contributed by atoms with Gasteiger partial charge in [-0.05, 0) is 90.5 Å². The summed E-state index contributed by atoms with van der Waals surface area (Å²) in [7, 11) is 0. The summed E-state index contributed by atoms with van der Waals surface area (Å²) in [5.74, 6) is -0.752. The van der Waals surface area contributed by atoms with E-state index in [1.807, 2.05) is 30.3 Å². The first kappa shape index (κ1) is 38.0. The Hall–Kier alpha value is -2.82. The topological polar surface area (TPSA) is 106 Å². The van der Waals surface area contributed by atoms with E-state index in [1.165, 1.54) is 19.3 Å². The lowest BCUT2D eigenvalue weighted by Crippen LogP contribution is -2.45. The average molecular weight is 763 g/mol. The van der Waals surface area contributed by atoms with Crippen LogP contribution in [0.3, 0.4) is 0 Å². The molecule has 0 spiro atoms. The summed E-state index contributed by atoms with van der Waals surface area (Å²) in [5.41, 5.74) is 10.5. The Balaban J connectivity index is 1.26. The van der Waals surface area contributed by atoms with Crippen molar-refractivity contribution in [3.63, 3.8) is 0 Å². The normalized spacial score (nSPS) is 14.2. The molecule has 0 aliphatic heterocycles. The Morgan fingerprint density at radius 3 is 2.29 bits per heavy atom. The van der Waals surface area contributed by atoms with Gasteiger partial charge in [-0.2, -0.15) is 0 Å². The van der Waals surface area contributed by atoms with Crippen LogP contribution in [0, 0.1) is 0 Å². The third-order valence-electron chi connectivity index (χ3n) is 9.15. The zero-order valence-corrected chi connectivity index (χ0v) is 31.1. The monoisotopic (exact) mass is 760 g/mol. The number of anilines is 3. The summed E-state index contributed by atoms with van der Waals surface area (Å²) in [4.78, 5) is 28.0. The van der Waals surface area contributed by atoms with Crippen molar-refractivity contribution in [3.05, 3.63) is 85.8 Å². The predicted octanol–water partition coefficient (Wildman–Crippen LogP) is 8.94. The van der Waals surface area contributed by atoms with Crippen LogP contribution < -0.4 is 16.4 Å². The Bertz CT molecular complexity index is 1530. The molecule has 48 heavy (non-hydrogen) atoms. The minimum atomic E-state index is -0.402. The van der Waals surface area contributed by atoms with Crippen LogP contribution in [0.4, 0.5) is 17.1 Å². The molecule has 0 bridgehead atoms. The molecule has 0 atom stereocenters. The number of halogens is 3. The molecule has 1 aliphatic rings. The van der Waals surface area contributed by atoms with Crippen LogP contribution in [0.1, 0.15) is 80.8 Å². The van der Waals surface area contributed by atoms with Gasteiger partial charge in [0.1, 0.15) is 13.2 Å². The van der Waals surface area contributed by atoms with Gasteiger partial charge in [0, 0.05) is 41.4 Å². The van der Waals surface area contributed by atoms with Crippen LogP contribution in [-0.2, 0) is 27.2 Å². The number of carbonyl (C=O) groups is 2. The molecule has 0 radical (unpaired) electrons. The molecule has 0 amide bonds. The van der Waals surface area contributed by atoms with Gasteiger partial charge in [0.05, 0.1) is 33.4 Å². The van der Waals surface area contributed by atoms with Crippen molar-refractivity contribution >= 4 is 68.1 Å². The maximum Gasteiger partial charge on any atom is 0.338 e. The standard InChI is InChI=1S/C37H47BrCl2N4O4/c1-4-37(15-8-5-9-16-37)42-24-28-21-27(22-29(38)34(28)41)36(46)48-20-18-44(25(2)3)17-19-47-33(45)23-26-11-6-7-14-32(26)43-35-30(39)12-10-13-31(35)40/h6-7,10-14,21-22,25,42-43H,4-5,8-9,15-20,23-24,41H2,1-3H3. The predicted molar refractivity (Wildman–Crippen MR) is 199 cm³/mol. The molecule has 1 saturated carbocycles. The number of esters is 2. The fraction of sp³-hybridized carbons (Fsp3) is 0.459. The van der Waals surface area contributed by atoms with E-state index in [1.54, 1.807) is 24.3 Å². The minimum absolute atomic E-state index is 0.0820. The molecular formula is C37H47BrCl2N4O4. The molecule has 3 aromatic rings. The number of rotatable bonds is 16. The second kappa shape index (κ2) is 18.3. The number of nitrogens with zero attached hydrogens (tertiary/aromatic N) is 1. The molecule has 3 aromatic carbocycles. The third kappa shape index (κ3) is 10.6. The van der Waals surface area contributed by atoms with Gasteiger partial charge in [0.15, 0.2) is 0 Å². The first-order chi connectivity index (χ1) is 23.0. The Kier molecular flexibility index (Phi) is 14.4. The SMILES string of the molecule is CCC1(NCc2cc(C(=O)OCCN(CCOC(=O)Cc3ccccc3Nc3c(Cl)cccc3Cl)C(C)C)cc(Br)c2N)CCCCC1. The molecule has 1 aliphatic carbocycles. The number of hydrogen-bond acceptors (Lipinski definition) is 8. The summed E-state index contributed by atoms with van der Waals surface area (Å²) in [6.07, 6.45) is 7.21. The first-order valence-electron chi connectivity index (χ1n) is 16.7. The Labute approximate surface area is 303 Å². The van der Waals surface area contributed by atoms with Crippen LogP contribution >= 0.6 is 39.1 Å². The zero-order valence-electron chi connectivity index (χ0n) is 28.1. The molecule has 0 aromatic heterocycles. The number of nitrogen functional groups attached to an aromatic ring is 1. The van der Waals surface area contributed by atoms with Crippen molar-refractivity contribution in [2.45, 2.75) is 83.8 Å². The van der Waals surface area contributed by atoms with Gasteiger partial charge in [0.2, 0.25) is 0 Å². The van der Waals surface area contributed by atoms with Crippen molar-refractivity contribution in [2.75, 3.05) is 37.4 Å². The van der Waals surface area contributed by atoms with Gasteiger partial charge in [-0.3, -0.25) is 9.69 Å². The van der Waals surface area contributed by atoms with Crippen molar-refractivity contribution in [2.24, 2.45) is 0 Å². The van der Waals surface area contributed by atoms with Crippen LogP contribution in [0.5, 0.6) is 0 Å². The molecule has 8 nitrogen and oxygen atoms in total. The summed E-state index contributed by atoms with van der Waals surface area (Å²) in [6, 6.07) is 16.4. The number of hydrogen-bond donors (Lipinski definition) is 3. The van der Waals surface area contributed by atoms with E-state index in [0.717, 1.165) is 36.1 Å². The highest BCUT2D eigenvalue weighted by Gasteiger charge is 2.29. The summed E-state index contributed by atoms with van der Waals surface area (Å²) >= 11 is 16.2. The lowest BCUT2D eigenvalue weighted by atomic mass is 9.79. The number of ether oxygens (including phenoxy) is 2. The summed E-state index contributed by atoms with van der Waals surface area (Å²) < 4.78 is 12.0. The van der Waals surface area contributed by atoms with E-state index < -0.39 is 5.97 Å². The molecule has 0 heterocycles. The lowest BCUT2D eigenvalue weighted by molar-refractivity contribution is -0.143. The maximum absolute atomic E-state index is 13.1. The molecular weight excluding hydrogens is 715 g/mol. The van der Waals surface area contributed by atoms with Crippen LogP contribution in [0.15, 0.2) is 59.1 Å². The number of benzene rings is 3. The quantitative estimate of drug-likeness (QED) is 0.0982. The van der Waals surface area contributed by atoms with Crippen molar-refractivity contribution in [3.8, 4) is 0 Å². The van der Waals surface area contributed by atoms with E-state index in [4.69, 9.17) is 38.4 Å². The first-order valence-corrected chi connectivity index (χ1v) is 18.3. The molecule has 0 unspecified atom stereocenters. The molecule has 1 fully saturated rings. The van der Waals surface area contributed by atoms with E-state index in [2.05, 4.69) is 52.2 Å². The summed E-state index contributed by atoms with van der Waals surface area (Å²) in [5, 5.41) is 7.97. The van der Waals surface area contributed by atoms with Crippen molar-refractivity contribution < 1.29 is 19.1 Å². The van der Waals surface area contributed by atoms with Crippen LogP contribution in [0.25, 0.3) is 0 Å². The lowest BCUT2D eigenvalue weighted by Gasteiger charge is -2.38. The molecule has 4 N–H and O–H groups in total. The fourth-order valence-corrected chi connectivity index (χ4v) is 7.10. The van der Waals surface area contributed by atoms with E-state index >= 15 is 0 Å². The number of para-hydroxylation sites is 2. The zero-order chi connectivity index (χ0) is 34.7. The molecule has 260 valence electrons. The molecule has 11 heteroatoms. The second-order valence-electron chi connectivity index (χ2n) is 12.6. The van der Waals surface area contributed by atoms with Gasteiger partial charge in [-0.1, -0.05) is 73.7 Å². The molecule has 0 saturated heterocycles. The number of carbonyl (C=O) groups excluding carboxylic acids is 2. The number of nitrogens with one attached hydrogen (secondary N) is 2. The van der Waals surface area contributed by atoms with E-state index in [-0.39, 0.29) is 37.2 Å². The highest BCUT2D eigenvalue weighted by molar-refractivity contribution is 9.10. The van der Waals surface area contributed by atoms with Gasteiger partial charge in [0.25, 0.3) is 0 Å². The van der Waals surface area contributed by atoms with Crippen LogP contribution in [0.2, 0.25) is 10.0 Å². The fourth-order valence-electron chi connectivity index (χ4n) is 6.10. The average Bonchev–Trinajstić information content (AvgIpc) is 3.07. The second-order valence-corrected chi connectivity index (χ2v) is 14.3. The van der Waals surface area contributed by atoms with Gasteiger partial charge in [-0.15, -0.1) is 0 Å². The summed E-state index contributed by atoms with van der Waals surface area (Å²) in [6.45, 7) is 8.33. The van der Waals surface area contributed by atoms with Crippen molar-refractivity contribution in [1.82, 2.24) is 10.2 Å². The van der Waals surface area contributed by atoms with Crippen LogP contribution in [-0.4, -0.2) is 54.7 Å². The third-order valence-corrected chi connectivity index (χ3v) is 10.4. The van der Waals surface area contributed by atoms with E-state index in [9.17, 15) is 9.59 Å². The van der Waals surface area contributed by atoms with Crippen molar-refractivity contribution in [1.29, 1.82) is 0 Å². The highest BCUT2D eigenvalue weighted by atomic mass is 79.9. The Morgan fingerprint density at radius 2 is 1.62 bits per heavy atom. The molecule has 4 rings (SSSR count). The van der Waals surface area contributed by atoms with Gasteiger partial charge in [-0.25, -0.2) is 4.79 Å². The minimum Gasteiger partial charge on any atom is -0.464 e. The Morgan fingerprint density at radius 1 is 0.958 bits per heavy atom. The van der Waals surface area contributed by atoms with Gasteiger partial charge < -0.3 is 25.8 Å².